The Bertz CT molecular complexity index is 418. The van der Waals surface area contributed by atoms with Gasteiger partial charge in [0.1, 0.15) is 18.3 Å². The monoisotopic (exact) mass is 232 g/mol. The van der Waals surface area contributed by atoms with Crippen LogP contribution in [0.1, 0.15) is 18.9 Å². The third-order valence-corrected chi connectivity index (χ3v) is 2.90. The third kappa shape index (κ3) is 2.67. The van der Waals surface area contributed by atoms with Crippen LogP contribution in [-0.4, -0.2) is 34.6 Å². The molecule has 1 fully saturated rings. The van der Waals surface area contributed by atoms with Crippen LogP contribution in [-0.2, 0) is 4.74 Å². The highest BCUT2D eigenvalue weighted by Crippen LogP contribution is 2.22. The summed E-state index contributed by atoms with van der Waals surface area (Å²) < 4.78 is 5.48. The SMILES string of the molecule is CC[C@H]1O[C@@H](C#Cc2ccccc2)[C@H](O)[C@@H]1O. The fraction of sp³-hybridized carbons (Fsp3) is 0.429. The molecular weight excluding hydrogens is 216 g/mol. The first-order chi connectivity index (χ1) is 8.22. The molecule has 2 rings (SSSR count). The molecule has 0 aliphatic carbocycles. The Morgan fingerprint density at radius 2 is 1.88 bits per heavy atom. The summed E-state index contributed by atoms with van der Waals surface area (Å²) >= 11 is 0. The molecule has 0 unspecified atom stereocenters. The lowest BCUT2D eigenvalue weighted by Gasteiger charge is -2.10. The Morgan fingerprint density at radius 1 is 1.18 bits per heavy atom. The largest absolute Gasteiger partial charge is 0.388 e. The van der Waals surface area contributed by atoms with Gasteiger partial charge in [-0.25, -0.2) is 0 Å². The molecule has 0 amide bonds. The van der Waals surface area contributed by atoms with Gasteiger partial charge in [0.15, 0.2) is 0 Å². The van der Waals surface area contributed by atoms with Crippen LogP contribution >= 0.6 is 0 Å². The molecule has 0 aromatic heterocycles. The van der Waals surface area contributed by atoms with Gasteiger partial charge in [-0.05, 0) is 18.6 Å². The summed E-state index contributed by atoms with van der Waals surface area (Å²) in [4.78, 5) is 0. The van der Waals surface area contributed by atoms with Crippen molar-refractivity contribution in [2.45, 2.75) is 37.8 Å². The minimum Gasteiger partial charge on any atom is -0.388 e. The minimum absolute atomic E-state index is 0.319. The zero-order valence-electron chi connectivity index (χ0n) is 9.71. The van der Waals surface area contributed by atoms with Crippen molar-refractivity contribution in [3.63, 3.8) is 0 Å². The predicted molar refractivity (Wildman–Crippen MR) is 64.3 cm³/mol. The van der Waals surface area contributed by atoms with E-state index in [1.54, 1.807) is 0 Å². The van der Waals surface area contributed by atoms with Crippen molar-refractivity contribution in [2.24, 2.45) is 0 Å². The molecule has 3 heteroatoms. The highest BCUT2D eigenvalue weighted by Gasteiger charge is 2.40. The first kappa shape index (κ1) is 12.1. The summed E-state index contributed by atoms with van der Waals surface area (Å²) in [6, 6.07) is 9.51. The number of ether oxygens (including phenoxy) is 1. The minimum atomic E-state index is -0.920. The van der Waals surface area contributed by atoms with E-state index in [1.165, 1.54) is 0 Å². The van der Waals surface area contributed by atoms with Gasteiger partial charge in [-0.3, -0.25) is 0 Å². The molecule has 1 saturated heterocycles. The van der Waals surface area contributed by atoms with E-state index in [0.29, 0.717) is 6.42 Å². The van der Waals surface area contributed by atoms with E-state index in [4.69, 9.17) is 4.74 Å². The quantitative estimate of drug-likeness (QED) is 0.708. The number of hydrogen-bond acceptors (Lipinski definition) is 3. The summed E-state index contributed by atoms with van der Waals surface area (Å²) in [5.41, 5.74) is 0.873. The van der Waals surface area contributed by atoms with Gasteiger partial charge in [0.05, 0.1) is 6.10 Å². The number of hydrogen-bond donors (Lipinski definition) is 2. The Labute approximate surface area is 101 Å². The van der Waals surface area contributed by atoms with E-state index in [2.05, 4.69) is 11.8 Å². The molecular formula is C14H16O3. The summed E-state index contributed by atoms with van der Waals surface area (Å²) in [5, 5.41) is 19.4. The topological polar surface area (TPSA) is 49.7 Å². The molecule has 0 bridgehead atoms. The summed E-state index contributed by atoms with van der Waals surface area (Å²) in [5.74, 6) is 5.80. The zero-order chi connectivity index (χ0) is 12.3. The van der Waals surface area contributed by atoms with E-state index >= 15 is 0 Å². The van der Waals surface area contributed by atoms with E-state index in [9.17, 15) is 10.2 Å². The van der Waals surface area contributed by atoms with E-state index in [0.717, 1.165) is 5.56 Å². The molecule has 0 saturated carbocycles. The van der Waals surface area contributed by atoms with Crippen molar-refractivity contribution in [3.05, 3.63) is 35.9 Å². The van der Waals surface area contributed by atoms with Crippen LogP contribution in [0.5, 0.6) is 0 Å². The molecule has 1 heterocycles. The lowest BCUT2D eigenvalue weighted by Crippen LogP contribution is -2.31. The van der Waals surface area contributed by atoms with Crippen LogP contribution in [0, 0.1) is 11.8 Å². The van der Waals surface area contributed by atoms with Crippen molar-refractivity contribution in [1.29, 1.82) is 0 Å². The Morgan fingerprint density at radius 3 is 2.47 bits per heavy atom. The standard InChI is InChI=1S/C14H16O3/c1-2-11-13(15)14(16)12(17-11)9-8-10-6-4-3-5-7-10/h3-7,11-16H,2H2,1H3/t11-,12+,13-,14+/m1/s1. The van der Waals surface area contributed by atoms with Gasteiger partial charge < -0.3 is 14.9 Å². The maximum absolute atomic E-state index is 9.76. The Kier molecular flexibility index (Phi) is 3.80. The van der Waals surface area contributed by atoms with Crippen molar-refractivity contribution in [3.8, 4) is 11.8 Å². The van der Waals surface area contributed by atoms with Crippen molar-refractivity contribution in [2.75, 3.05) is 0 Å². The van der Waals surface area contributed by atoms with Gasteiger partial charge in [0, 0.05) is 5.56 Å². The normalized spacial score (nSPS) is 31.9. The fourth-order valence-electron chi connectivity index (χ4n) is 1.88. The smallest absolute Gasteiger partial charge is 0.147 e. The number of rotatable bonds is 1. The molecule has 2 N–H and O–H groups in total. The van der Waals surface area contributed by atoms with Crippen LogP contribution in [0.3, 0.4) is 0 Å². The number of aliphatic hydroxyl groups is 2. The van der Waals surface area contributed by atoms with Gasteiger partial charge >= 0.3 is 0 Å². The maximum Gasteiger partial charge on any atom is 0.147 e. The average molecular weight is 232 g/mol. The summed E-state index contributed by atoms with van der Waals surface area (Å²) in [7, 11) is 0. The third-order valence-electron chi connectivity index (χ3n) is 2.90. The lowest BCUT2D eigenvalue weighted by molar-refractivity contribution is 0.0201. The van der Waals surface area contributed by atoms with Gasteiger partial charge in [-0.2, -0.15) is 0 Å². The van der Waals surface area contributed by atoms with Crippen molar-refractivity contribution < 1.29 is 14.9 Å². The molecule has 1 aliphatic rings. The lowest BCUT2D eigenvalue weighted by atomic mass is 10.1. The van der Waals surface area contributed by atoms with E-state index < -0.39 is 18.3 Å². The molecule has 90 valence electrons. The second kappa shape index (κ2) is 5.33. The van der Waals surface area contributed by atoms with Gasteiger partial charge in [0.25, 0.3) is 0 Å². The summed E-state index contributed by atoms with van der Waals surface area (Å²) in [6.07, 6.45) is -2.01. The van der Waals surface area contributed by atoms with Crippen LogP contribution < -0.4 is 0 Å². The molecule has 1 aromatic rings. The van der Waals surface area contributed by atoms with Crippen LogP contribution in [0.25, 0.3) is 0 Å². The average Bonchev–Trinajstić information content (AvgIpc) is 2.65. The highest BCUT2D eigenvalue weighted by molar-refractivity contribution is 5.35. The molecule has 3 nitrogen and oxygen atoms in total. The second-order valence-corrected chi connectivity index (χ2v) is 4.12. The molecule has 17 heavy (non-hydrogen) atoms. The molecule has 0 spiro atoms. The molecule has 1 aliphatic heterocycles. The van der Waals surface area contributed by atoms with Crippen molar-refractivity contribution in [1.82, 2.24) is 0 Å². The second-order valence-electron chi connectivity index (χ2n) is 4.12. The Balaban J connectivity index is 2.08. The fourth-order valence-corrected chi connectivity index (χ4v) is 1.88. The highest BCUT2D eigenvalue weighted by atomic mass is 16.5. The zero-order valence-corrected chi connectivity index (χ0v) is 9.71. The summed E-state index contributed by atoms with van der Waals surface area (Å²) in [6.45, 7) is 1.91. The van der Waals surface area contributed by atoms with Crippen LogP contribution in [0.4, 0.5) is 0 Å². The number of benzene rings is 1. The molecule has 0 radical (unpaired) electrons. The van der Waals surface area contributed by atoms with Crippen LogP contribution in [0.15, 0.2) is 30.3 Å². The first-order valence-electron chi connectivity index (χ1n) is 5.80. The van der Waals surface area contributed by atoms with Crippen molar-refractivity contribution >= 4 is 0 Å². The number of aliphatic hydroxyl groups excluding tert-OH is 2. The first-order valence-corrected chi connectivity index (χ1v) is 5.80. The van der Waals surface area contributed by atoms with Gasteiger partial charge in [-0.15, -0.1) is 0 Å². The van der Waals surface area contributed by atoms with Gasteiger partial charge in [-0.1, -0.05) is 37.0 Å². The van der Waals surface area contributed by atoms with Gasteiger partial charge in [0.2, 0.25) is 0 Å². The Hall–Kier alpha value is -1.34. The van der Waals surface area contributed by atoms with E-state index in [-0.39, 0.29) is 6.10 Å². The maximum atomic E-state index is 9.76. The predicted octanol–water partition coefficient (Wildman–Crippen LogP) is 0.937. The van der Waals surface area contributed by atoms with Crippen LogP contribution in [0.2, 0.25) is 0 Å². The molecule has 1 aromatic carbocycles. The molecule has 4 atom stereocenters. The van der Waals surface area contributed by atoms with E-state index in [1.807, 2.05) is 37.3 Å².